The molecule has 0 aromatic heterocycles. The lowest BCUT2D eigenvalue weighted by molar-refractivity contribution is -0.237. The minimum atomic E-state index is -0.936. The van der Waals surface area contributed by atoms with Crippen molar-refractivity contribution in [2.45, 2.75) is 82.9 Å². The van der Waals surface area contributed by atoms with E-state index in [4.69, 9.17) is 28.4 Å². The number of anilines is 1. The van der Waals surface area contributed by atoms with Crippen molar-refractivity contribution in [2.24, 2.45) is 0 Å². The van der Waals surface area contributed by atoms with Crippen molar-refractivity contribution in [2.75, 3.05) is 11.9 Å². The van der Waals surface area contributed by atoms with Gasteiger partial charge in [-0.15, -0.1) is 0 Å². The first kappa shape index (κ1) is 21.5. The summed E-state index contributed by atoms with van der Waals surface area (Å²) >= 11 is 0. The molecule has 3 fully saturated rings. The lowest BCUT2D eigenvalue weighted by atomic mass is 9.93. The summed E-state index contributed by atoms with van der Waals surface area (Å²) in [5, 5.41) is 3.10. The SMILES string of the molecule is CCOC(=O)[C@H](Nc1ccc(F)cc1)[C@@H]1O[C@@H]2OC(C)(C)O[C@@H]2[C@H]2OC(C)(C)O[C@H]21. The fourth-order valence-corrected chi connectivity index (χ4v) is 4.14. The van der Waals surface area contributed by atoms with Gasteiger partial charge in [0.15, 0.2) is 23.9 Å². The topological polar surface area (TPSA) is 84.5 Å². The molecule has 9 heteroatoms. The maximum Gasteiger partial charge on any atom is 0.331 e. The van der Waals surface area contributed by atoms with E-state index in [0.717, 1.165) is 0 Å². The van der Waals surface area contributed by atoms with Crippen molar-refractivity contribution in [3.63, 3.8) is 0 Å². The molecule has 0 radical (unpaired) electrons. The Hall–Kier alpha value is -1.78. The highest BCUT2D eigenvalue weighted by atomic mass is 19.1. The number of fused-ring (bicyclic) bond motifs is 3. The van der Waals surface area contributed by atoms with Crippen LogP contribution in [-0.4, -0.2) is 60.9 Å². The lowest BCUT2D eigenvalue weighted by Crippen LogP contribution is -2.61. The van der Waals surface area contributed by atoms with Crippen molar-refractivity contribution in [1.29, 1.82) is 0 Å². The number of carbonyl (C=O) groups is 1. The molecule has 0 spiro atoms. The van der Waals surface area contributed by atoms with E-state index in [0.29, 0.717) is 5.69 Å². The van der Waals surface area contributed by atoms with Gasteiger partial charge >= 0.3 is 5.97 Å². The van der Waals surface area contributed by atoms with Crippen LogP contribution in [0.4, 0.5) is 10.1 Å². The molecule has 0 unspecified atom stereocenters. The minimum Gasteiger partial charge on any atom is -0.464 e. The number of halogens is 1. The zero-order valence-electron chi connectivity index (χ0n) is 17.7. The molecule has 6 atom stereocenters. The molecule has 1 aromatic rings. The predicted molar refractivity (Wildman–Crippen MR) is 103 cm³/mol. The van der Waals surface area contributed by atoms with Crippen LogP contribution in [0.25, 0.3) is 0 Å². The highest BCUT2D eigenvalue weighted by Crippen LogP contribution is 2.45. The largest absolute Gasteiger partial charge is 0.464 e. The number of esters is 1. The number of nitrogens with one attached hydrogen (secondary N) is 1. The normalized spacial score (nSPS) is 34.7. The summed E-state index contributed by atoms with van der Waals surface area (Å²) in [6, 6.07) is 4.76. The van der Waals surface area contributed by atoms with Crippen LogP contribution in [0.15, 0.2) is 24.3 Å². The number of benzene rings is 1. The summed E-state index contributed by atoms with van der Waals surface area (Å²) in [7, 11) is 0. The Morgan fingerprint density at radius 2 is 1.63 bits per heavy atom. The van der Waals surface area contributed by atoms with Crippen LogP contribution in [0.1, 0.15) is 34.6 Å². The Morgan fingerprint density at radius 1 is 1.03 bits per heavy atom. The van der Waals surface area contributed by atoms with E-state index in [9.17, 15) is 9.18 Å². The second-order valence-electron chi connectivity index (χ2n) is 8.51. The fraction of sp³-hybridized carbons (Fsp3) is 0.667. The standard InChI is InChI=1S/C21H28FNO7/c1-6-25-18(24)13(23-12-9-7-11(22)8-10-12)14-15-16(28-20(2,3)27-15)17-19(26-14)30-21(4,5)29-17/h7-10,13-17,19,23H,6H2,1-5H3/t13-,14+,15+,16+,17-,19-/m1/s1. The van der Waals surface area contributed by atoms with Crippen molar-refractivity contribution in [3.05, 3.63) is 30.1 Å². The summed E-state index contributed by atoms with van der Waals surface area (Å²) in [6.45, 7) is 9.10. The molecule has 0 aliphatic carbocycles. The van der Waals surface area contributed by atoms with Gasteiger partial charge < -0.3 is 33.7 Å². The van der Waals surface area contributed by atoms with Gasteiger partial charge in [0.2, 0.25) is 0 Å². The van der Waals surface area contributed by atoms with Crippen LogP contribution < -0.4 is 5.32 Å². The summed E-state index contributed by atoms with van der Waals surface area (Å²) in [4.78, 5) is 12.9. The van der Waals surface area contributed by atoms with Crippen molar-refractivity contribution in [1.82, 2.24) is 0 Å². The maximum atomic E-state index is 13.3. The van der Waals surface area contributed by atoms with E-state index < -0.39 is 54.3 Å². The zero-order chi connectivity index (χ0) is 21.7. The molecule has 0 bridgehead atoms. The van der Waals surface area contributed by atoms with Gasteiger partial charge in [0.05, 0.1) is 6.61 Å². The van der Waals surface area contributed by atoms with Gasteiger partial charge in [-0.2, -0.15) is 0 Å². The molecule has 3 heterocycles. The third kappa shape index (κ3) is 4.17. The fourth-order valence-electron chi connectivity index (χ4n) is 4.14. The molecule has 30 heavy (non-hydrogen) atoms. The molecule has 1 aromatic carbocycles. The van der Waals surface area contributed by atoms with Crippen LogP contribution in [0, 0.1) is 5.82 Å². The summed E-state index contributed by atoms with van der Waals surface area (Å²) in [6.07, 6.45) is -3.15. The Labute approximate surface area is 174 Å². The van der Waals surface area contributed by atoms with Gasteiger partial charge in [-0.25, -0.2) is 9.18 Å². The minimum absolute atomic E-state index is 0.197. The summed E-state index contributed by atoms with van der Waals surface area (Å²) < 4.78 is 48.9. The molecule has 8 nitrogen and oxygen atoms in total. The maximum absolute atomic E-state index is 13.3. The molecule has 3 aliphatic heterocycles. The van der Waals surface area contributed by atoms with E-state index in [2.05, 4.69) is 5.32 Å². The number of rotatable bonds is 5. The number of hydrogen-bond donors (Lipinski definition) is 1. The van der Waals surface area contributed by atoms with Crippen molar-refractivity contribution < 1.29 is 37.6 Å². The Bertz CT molecular complexity index is 784. The van der Waals surface area contributed by atoms with Crippen LogP contribution in [-0.2, 0) is 33.2 Å². The first-order chi connectivity index (χ1) is 14.1. The lowest BCUT2D eigenvalue weighted by Gasteiger charge is -2.40. The molecule has 0 amide bonds. The van der Waals surface area contributed by atoms with Crippen LogP contribution >= 0.6 is 0 Å². The summed E-state index contributed by atoms with van der Waals surface area (Å²) in [5.74, 6) is -2.65. The average molecular weight is 425 g/mol. The molecule has 166 valence electrons. The van der Waals surface area contributed by atoms with Gasteiger partial charge in [0.25, 0.3) is 0 Å². The molecule has 3 saturated heterocycles. The third-order valence-corrected chi connectivity index (χ3v) is 5.23. The Kier molecular flexibility index (Phi) is 5.52. The quantitative estimate of drug-likeness (QED) is 0.721. The Morgan fingerprint density at radius 3 is 2.30 bits per heavy atom. The Balaban J connectivity index is 1.66. The molecule has 0 saturated carbocycles. The third-order valence-electron chi connectivity index (χ3n) is 5.23. The van der Waals surface area contributed by atoms with Crippen LogP contribution in [0.5, 0.6) is 0 Å². The highest BCUT2D eigenvalue weighted by Gasteiger charge is 2.62. The van der Waals surface area contributed by atoms with Crippen molar-refractivity contribution in [3.8, 4) is 0 Å². The molecule has 3 aliphatic rings. The van der Waals surface area contributed by atoms with Gasteiger partial charge in [-0.3, -0.25) is 0 Å². The molecular weight excluding hydrogens is 397 g/mol. The van der Waals surface area contributed by atoms with Gasteiger partial charge in [0, 0.05) is 5.69 Å². The highest BCUT2D eigenvalue weighted by molar-refractivity contribution is 5.80. The summed E-state index contributed by atoms with van der Waals surface area (Å²) in [5.41, 5.74) is 0.541. The van der Waals surface area contributed by atoms with E-state index >= 15 is 0 Å². The average Bonchev–Trinajstić information content (AvgIpc) is 3.15. The van der Waals surface area contributed by atoms with E-state index in [1.165, 1.54) is 12.1 Å². The van der Waals surface area contributed by atoms with E-state index in [1.54, 1.807) is 46.8 Å². The smallest absolute Gasteiger partial charge is 0.331 e. The van der Waals surface area contributed by atoms with E-state index in [1.807, 2.05) is 0 Å². The monoisotopic (exact) mass is 425 g/mol. The second-order valence-corrected chi connectivity index (χ2v) is 8.51. The number of hydrogen-bond acceptors (Lipinski definition) is 8. The molecular formula is C21H28FNO7. The van der Waals surface area contributed by atoms with Crippen molar-refractivity contribution >= 4 is 11.7 Å². The number of ether oxygens (including phenoxy) is 6. The second kappa shape index (κ2) is 7.72. The predicted octanol–water partition coefficient (Wildman–Crippen LogP) is 2.57. The van der Waals surface area contributed by atoms with E-state index in [-0.39, 0.29) is 12.4 Å². The first-order valence-electron chi connectivity index (χ1n) is 10.1. The van der Waals surface area contributed by atoms with Gasteiger partial charge in [0.1, 0.15) is 30.2 Å². The molecule has 4 rings (SSSR count). The first-order valence-corrected chi connectivity index (χ1v) is 10.1. The van der Waals surface area contributed by atoms with Gasteiger partial charge in [-0.1, -0.05) is 0 Å². The zero-order valence-corrected chi connectivity index (χ0v) is 17.7. The van der Waals surface area contributed by atoms with Gasteiger partial charge in [-0.05, 0) is 58.9 Å². The number of carbonyl (C=O) groups excluding carboxylic acids is 1. The van der Waals surface area contributed by atoms with Crippen LogP contribution in [0.2, 0.25) is 0 Å². The molecule has 1 N–H and O–H groups in total. The van der Waals surface area contributed by atoms with Crippen LogP contribution in [0.3, 0.4) is 0 Å².